The molecule has 1 unspecified atom stereocenters. The van der Waals surface area contributed by atoms with Gasteiger partial charge in [-0.05, 0) is 24.6 Å². The van der Waals surface area contributed by atoms with Crippen molar-refractivity contribution in [3.63, 3.8) is 0 Å². The summed E-state index contributed by atoms with van der Waals surface area (Å²) in [7, 11) is -2.34. The highest BCUT2D eigenvalue weighted by atomic mass is 35.5. The van der Waals surface area contributed by atoms with Crippen LogP contribution in [0.1, 0.15) is 30.1 Å². The van der Waals surface area contributed by atoms with Gasteiger partial charge in [0.25, 0.3) is 0 Å². The largest absolute Gasteiger partial charge is 0.478 e. The summed E-state index contributed by atoms with van der Waals surface area (Å²) >= 11 is 5.73. The molecule has 0 fully saturated rings. The zero-order chi connectivity index (χ0) is 16.0. The van der Waals surface area contributed by atoms with Crippen LogP contribution in [-0.2, 0) is 14.8 Å². The molecule has 118 valence electrons. The minimum Gasteiger partial charge on any atom is -0.478 e. The second-order valence-electron chi connectivity index (χ2n) is 4.51. The smallest absolute Gasteiger partial charge is 0.337 e. The molecule has 0 bridgehead atoms. The van der Waals surface area contributed by atoms with Gasteiger partial charge in [0, 0.05) is 13.2 Å². The highest BCUT2D eigenvalue weighted by molar-refractivity contribution is 7.89. The highest BCUT2D eigenvalue weighted by Crippen LogP contribution is 2.21. The summed E-state index contributed by atoms with van der Waals surface area (Å²) in [4.78, 5) is 10.9. The zero-order valence-electron chi connectivity index (χ0n) is 11.8. The van der Waals surface area contributed by atoms with Crippen molar-refractivity contribution < 1.29 is 23.1 Å². The molecule has 0 saturated carbocycles. The number of hydrogen-bond acceptors (Lipinski definition) is 4. The van der Waals surface area contributed by atoms with Crippen LogP contribution in [0.2, 0.25) is 5.02 Å². The van der Waals surface area contributed by atoms with Gasteiger partial charge in [-0.2, -0.15) is 0 Å². The van der Waals surface area contributed by atoms with Crippen molar-refractivity contribution in [2.75, 3.05) is 13.7 Å². The Morgan fingerprint density at radius 3 is 2.67 bits per heavy atom. The van der Waals surface area contributed by atoms with Crippen LogP contribution in [0, 0.1) is 0 Å². The predicted octanol–water partition coefficient (Wildman–Crippen LogP) is 2.13. The van der Waals surface area contributed by atoms with E-state index in [-0.39, 0.29) is 28.1 Å². The standard InChI is InChI=1S/C13H18ClNO5S/c1-3-4-9(8-20-2)15-21(18,19)10-5-6-12(14)11(7-10)13(16)17/h5-7,9,15H,3-4,8H2,1-2H3,(H,16,17). The van der Waals surface area contributed by atoms with E-state index in [0.717, 1.165) is 12.5 Å². The van der Waals surface area contributed by atoms with E-state index in [1.165, 1.54) is 19.2 Å². The Bertz CT molecular complexity index is 597. The molecular formula is C13H18ClNO5S. The van der Waals surface area contributed by atoms with E-state index in [4.69, 9.17) is 21.4 Å². The quantitative estimate of drug-likeness (QED) is 0.759. The number of hydrogen-bond donors (Lipinski definition) is 2. The second-order valence-corrected chi connectivity index (χ2v) is 6.63. The molecule has 0 aromatic heterocycles. The fraction of sp³-hybridized carbons (Fsp3) is 0.462. The van der Waals surface area contributed by atoms with Crippen LogP contribution in [0.5, 0.6) is 0 Å². The monoisotopic (exact) mass is 335 g/mol. The molecule has 0 aliphatic heterocycles. The third-order valence-corrected chi connectivity index (χ3v) is 4.65. The molecule has 0 amide bonds. The fourth-order valence-corrected chi connectivity index (χ4v) is 3.33. The third-order valence-electron chi connectivity index (χ3n) is 2.81. The molecule has 0 heterocycles. The first-order valence-electron chi connectivity index (χ1n) is 6.36. The maximum Gasteiger partial charge on any atom is 0.337 e. The van der Waals surface area contributed by atoms with Crippen molar-refractivity contribution in [2.45, 2.75) is 30.7 Å². The van der Waals surface area contributed by atoms with Gasteiger partial charge in [-0.3, -0.25) is 0 Å². The Kier molecular flexibility index (Phi) is 6.60. The summed E-state index contributed by atoms with van der Waals surface area (Å²) in [5.74, 6) is -1.28. The summed E-state index contributed by atoms with van der Waals surface area (Å²) in [5, 5.41) is 8.98. The maximum atomic E-state index is 12.3. The number of nitrogens with one attached hydrogen (secondary N) is 1. The summed E-state index contributed by atoms with van der Waals surface area (Å²) in [6, 6.07) is 3.20. The number of carbonyl (C=O) groups is 1. The van der Waals surface area contributed by atoms with Crippen molar-refractivity contribution >= 4 is 27.6 Å². The molecule has 2 N–H and O–H groups in total. The number of rotatable bonds is 8. The third kappa shape index (κ3) is 4.96. The van der Waals surface area contributed by atoms with Crippen molar-refractivity contribution in [3.8, 4) is 0 Å². The van der Waals surface area contributed by atoms with Crippen LogP contribution in [0.15, 0.2) is 23.1 Å². The first-order valence-corrected chi connectivity index (χ1v) is 8.22. The highest BCUT2D eigenvalue weighted by Gasteiger charge is 2.22. The molecular weight excluding hydrogens is 318 g/mol. The predicted molar refractivity (Wildman–Crippen MR) is 79.3 cm³/mol. The number of aromatic carboxylic acids is 1. The molecule has 1 rings (SSSR count). The van der Waals surface area contributed by atoms with Crippen molar-refractivity contribution in [1.82, 2.24) is 4.72 Å². The van der Waals surface area contributed by atoms with Gasteiger partial charge < -0.3 is 9.84 Å². The van der Waals surface area contributed by atoms with Crippen LogP contribution in [-0.4, -0.2) is 39.3 Å². The normalized spacial score (nSPS) is 13.1. The Morgan fingerprint density at radius 2 is 2.14 bits per heavy atom. The average molecular weight is 336 g/mol. The van der Waals surface area contributed by atoms with E-state index in [1.807, 2.05) is 6.92 Å². The number of benzene rings is 1. The van der Waals surface area contributed by atoms with Crippen LogP contribution < -0.4 is 4.72 Å². The van der Waals surface area contributed by atoms with Gasteiger partial charge in [0.1, 0.15) is 0 Å². The van der Waals surface area contributed by atoms with Gasteiger partial charge >= 0.3 is 5.97 Å². The van der Waals surface area contributed by atoms with E-state index in [0.29, 0.717) is 6.42 Å². The maximum absolute atomic E-state index is 12.3. The zero-order valence-corrected chi connectivity index (χ0v) is 13.4. The molecule has 1 atom stereocenters. The molecule has 1 aromatic carbocycles. The summed E-state index contributed by atoms with van der Waals surface area (Å²) in [6.07, 6.45) is 1.41. The average Bonchev–Trinajstić information content (AvgIpc) is 2.38. The van der Waals surface area contributed by atoms with E-state index in [9.17, 15) is 13.2 Å². The van der Waals surface area contributed by atoms with Gasteiger partial charge in [-0.1, -0.05) is 24.9 Å². The lowest BCUT2D eigenvalue weighted by molar-refractivity contribution is 0.0697. The van der Waals surface area contributed by atoms with Gasteiger partial charge in [-0.15, -0.1) is 0 Å². The Labute approximate surface area is 129 Å². The van der Waals surface area contributed by atoms with Crippen molar-refractivity contribution in [1.29, 1.82) is 0 Å². The number of carboxylic acid groups (broad SMARTS) is 1. The van der Waals surface area contributed by atoms with Crippen LogP contribution in [0.3, 0.4) is 0 Å². The van der Waals surface area contributed by atoms with Crippen molar-refractivity contribution in [2.24, 2.45) is 0 Å². The first-order chi connectivity index (χ1) is 9.81. The van der Waals surface area contributed by atoms with Crippen molar-refractivity contribution in [3.05, 3.63) is 28.8 Å². The summed E-state index contributed by atoms with van der Waals surface area (Å²) in [6.45, 7) is 2.17. The van der Waals surface area contributed by atoms with E-state index in [1.54, 1.807) is 0 Å². The molecule has 8 heteroatoms. The van der Waals surface area contributed by atoms with Crippen LogP contribution >= 0.6 is 11.6 Å². The molecule has 0 aliphatic carbocycles. The fourth-order valence-electron chi connectivity index (χ4n) is 1.85. The lowest BCUT2D eigenvalue weighted by atomic mass is 10.2. The number of ether oxygens (including phenoxy) is 1. The number of halogens is 1. The Balaban J connectivity index is 3.07. The van der Waals surface area contributed by atoms with Crippen LogP contribution in [0.4, 0.5) is 0 Å². The molecule has 21 heavy (non-hydrogen) atoms. The number of carboxylic acids is 1. The lowest BCUT2D eigenvalue weighted by Gasteiger charge is -2.17. The molecule has 1 aromatic rings. The second kappa shape index (κ2) is 7.74. The summed E-state index contributed by atoms with van der Waals surface area (Å²) in [5.41, 5.74) is -0.252. The number of methoxy groups -OCH3 is 1. The molecule has 0 aliphatic rings. The minimum atomic E-state index is -3.83. The molecule has 6 nitrogen and oxygen atoms in total. The van der Waals surface area contributed by atoms with Crippen LogP contribution in [0.25, 0.3) is 0 Å². The Morgan fingerprint density at radius 1 is 1.48 bits per heavy atom. The van der Waals surface area contributed by atoms with Gasteiger partial charge in [0.15, 0.2) is 0 Å². The van der Waals surface area contributed by atoms with Gasteiger partial charge in [0.05, 0.1) is 22.1 Å². The number of sulfonamides is 1. The minimum absolute atomic E-state index is 0.0107. The topological polar surface area (TPSA) is 92.7 Å². The van der Waals surface area contributed by atoms with E-state index < -0.39 is 16.0 Å². The van der Waals surface area contributed by atoms with E-state index >= 15 is 0 Å². The lowest BCUT2D eigenvalue weighted by Crippen LogP contribution is -2.37. The molecule has 0 saturated heterocycles. The first kappa shape index (κ1) is 17.9. The SMILES string of the molecule is CCCC(COC)NS(=O)(=O)c1ccc(Cl)c(C(=O)O)c1. The van der Waals surface area contributed by atoms with E-state index in [2.05, 4.69) is 4.72 Å². The summed E-state index contributed by atoms with van der Waals surface area (Å²) < 4.78 is 32.0. The molecule has 0 radical (unpaired) electrons. The molecule has 0 spiro atoms. The Hall–Kier alpha value is -1.15. The van der Waals surface area contributed by atoms with Gasteiger partial charge in [-0.25, -0.2) is 17.9 Å². The van der Waals surface area contributed by atoms with Gasteiger partial charge in [0.2, 0.25) is 10.0 Å².